The quantitative estimate of drug-likeness (QED) is 0.635. The van der Waals surface area contributed by atoms with Gasteiger partial charge in [0.1, 0.15) is 6.29 Å². The van der Waals surface area contributed by atoms with E-state index in [9.17, 15) is 9.59 Å². The minimum absolute atomic E-state index is 0.00339. The summed E-state index contributed by atoms with van der Waals surface area (Å²) in [5.74, 6) is 0.161. The van der Waals surface area contributed by atoms with E-state index in [1.54, 1.807) is 4.90 Å². The molecule has 4 nitrogen and oxygen atoms in total. The van der Waals surface area contributed by atoms with Gasteiger partial charge >= 0.3 is 0 Å². The molecule has 2 unspecified atom stereocenters. The lowest BCUT2D eigenvalue weighted by molar-refractivity contribution is -0.134. The third-order valence-corrected chi connectivity index (χ3v) is 2.97. The van der Waals surface area contributed by atoms with Gasteiger partial charge in [0.15, 0.2) is 0 Å². The summed E-state index contributed by atoms with van der Waals surface area (Å²) in [5, 5.41) is 0. The molecule has 0 radical (unpaired) electrons. The van der Waals surface area contributed by atoms with Crippen LogP contribution >= 0.6 is 0 Å². The third kappa shape index (κ3) is 3.02. The second kappa shape index (κ2) is 5.26. The van der Waals surface area contributed by atoms with Crippen LogP contribution in [0.15, 0.2) is 0 Å². The van der Waals surface area contributed by atoms with Crippen molar-refractivity contribution in [2.45, 2.75) is 26.3 Å². The number of amides is 1. The third-order valence-electron chi connectivity index (χ3n) is 2.97. The van der Waals surface area contributed by atoms with Gasteiger partial charge in [0.05, 0.1) is 6.04 Å². The summed E-state index contributed by atoms with van der Waals surface area (Å²) in [6.45, 7) is 6.20. The van der Waals surface area contributed by atoms with Gasteiger partial charge in [-0.25, -0.2) is 0 Å². The molecular formula is C11H20N2O2. The number of carbonyl (C=O) groups is 2. The Hall–Kier alpha value is -0.900. The second-order valence-corrected chi connectivity index (χ2v) is 4.40. The van der Waals surface area contributed by atoms with Crippen molar-refractivity contribution in [3.05, 3.63) is 0 Å². The number of carbonyl (C=O) groups excluding carboxylic acids is 2. The Kier molecular flexibility index (Phi) is 4.27. The predicted molar refractivity (Wildman–Crippen MR) is 58.5 cm³/mol. The summed E-state index contributed by atoms with van der Waals surface area (Å²) >= 11 is 0. The summed E-state index contributed by atoms with van der Waals surface area (Å²) in [6, 6.07) is -0.0973. The number of rotatable bonds is 3. The van der Waals surface area contributed by atoms with Crippen LogP contribution in [-0.4, -0.2) is 54.7 Å². The molecule has 2 atom stereocenters. The van der Waals surface area contributed by atoms with E-state index in [2.05, 4.69) is 4.90 Å². The maximum Gasteiger partial charge on any atom is 0.239 e. The molecule has 0 saturated carbocycles. The van der Waals surface area contributed by atoms with Gasteiger partial charge in [-0.15, -0.1) is 0 Å². The van der Waals surface area contributed by atoms with Crippen LogP contribution in [-0.2, 0) is 9.59 Å². The normalized spacial score (nSPS) is 26.2. The molecule has 0 aromatic carbocycles. The average Bonchev–Trinajstić information content (AvgIpc) is 2.34. The molecule has 0 bridgehead atoms. The van der Waals surface area contributed by atoms with Crippen LogP contribution in [0.3, 0.4) is 0 Å². The Labute approximate surface area is 91.2 Å². The molecule has 1 heterocycles. The first-order valence-electron chi connectivity index (χ1n) is 5.50. The molecule has 0 aromatic rings. The molecule has 1 saturated heterocycles. The van der Waals surface area contributed by atoms with Gasteiger partial charge in [0, 0.05) is 32.6 Å². The number of aldehydes is 1. The fourth-order valence-electron chi connectivity index (χ4n) is 1.95. The Balaban J connectivity index is 2.63. The van der Waals surface area contributed by atoms with E-state index in [-0.39, 0.29) is 17.9 Å². The number of likely N-dealkylation sites (N-methyl/N-ethyl adjacent to an activating group) is 1. The molecule has 1 fully saturated rings. The van der Waals surface area contributed by atoms with Crippen molar-refractivity contribution in [3.8, 4) is 0 Å². The molecular weight excluding hydrogens is 192 g/mol. The highest BCUT2D eigenvalue weighted by molar-refractivity contribution is 5.81. The predicted octanol–water partition coefficient (Wildman–Crippen LogP) is 0.374. The Morgan fingerprint density at radius 3 is 2.80 bits per heavy atom. The summed E-state index contributed by atoms with van der Waals surface area (Å²) in [7, 11) is 1.84. The maximum absolute atomic E-state index is 11.8. The molecule has 0 N–H and O–H groups in total. The zero-order valence-electron chi connectivity index (χ0n) is 9.77. The highest BCUT2D eigenvalue weighted by Crippen LogP contribution is 2.11. The number of nitrogens with zero attached hydrogens (tertiary/aromatic N) is 2. The molecule has 86 valence electrons. The van der Waals surface area contributed by atoms with Crippen molar-refractivity contribution in [2.24, 2.45) is 5.92 Å². The second-order valence-electron chi connectivity index (χ2n) is 4.40. The van der Waals surface area contributed by atoms with Crippen molar-refractivity contribution in [1.29, 1.82) is 0 Å². The van der Waals surface area contributed by atoms with Gasteiger partial charge in [-0.3, -0.25) is 9.69 Å². The van der Waals surface area contributed by atoms with Crippen LogP contribution < -0.4 is 0 Å². The van der Waals surface area contributed by atoms with E-state index < -0.39 is 0 Å². The van der Waals surface area contributed by atoms with Gasteiger partial charge in [0.25, 0.3) is 0 Å². The van der Waals surface area contributed by atoms with Crippen molar-refractivity contribution < 1.29 is 9.59 Å². The van der Waals surface area contributed by atoms with Crippen molar-refractivity contribution in [1.82, 2.24) is 9.80 Å². The van der Waals surface area contributed by atoms with Gasteiger partial charge in [-0.2, -0.15) is 0 Å². The van der Waals surface area contributed by atoms with Gasteiger partial charge < -0.3 is 9.69 Å². The minimum atomic E-state index is -0.0973. The van der Waals surface area contributed by atoms with E-state index in [0.717, 1.165) is 25.8 Å². The zero-order valence-corrected chi connectivity index (χ0v) is 9.77. The van der Waals surface area contributed by atoms with Crippen molar-refractivity contribution >= 4 is 12.2 Å². The largest absolute Gasteiger partial charge is 0.344 e. The zero-order chi connectivity index (χ0) is 11.4. The van der Waals surface area contributed by atoms with E-state index in [1.165, 1.54) is 0 Å². The molecule has 1 aliphatic rings. The van der Waals surface area contributed by atoms with Crippen LogP contribution in [0.4, 0.5) is 0 Å². The van der Waals surface area contributed by atoms with E-state index >= 15 is 0 Å². The van der Waals surface area contributed by atoms with Crippen LogP contribution in [0, 0.1) is 5.92 Å². The van der Waals surface area contributed by atoms with Crippen LogP contribution in [0.1, 0.15) is 20.3 Å². The lowest BCUT2D eigenvalue weighted by Gasteiger charge is -2.27. The number of hydrogen-bond donors (Lipinski definition) is 0. The highest BCUT2D eigenvalue weighted by Gasteiger charge is 2.27. The van der Waals surface area contributed by atoms with E-state index in [0.29, 0.717) is 6.54 Å². The Bertz CT molecular complexity index is 243. The standard InChI is InChI=1S/C11H20N2O2/c1-9(8-14)7-13-6-4-5-12(3)11(15)10(13)2/h8-10H,4-7H2,1-3H3. The topological polar surface area (TPSA) is 40.6 Å². The van der Waals surface area contributed by atoms with Crippen LogP contribution in [0.5, 0.6) is 0 Å². The summed E-state index contributed by atoms with van der Waals surface area (Å²) in [4.78, 5) is 26.3. The average molecular weight is 212 g/mol. The molecule has 1 aliphatic heterocycles. The van der Waals surface area contributed by atoms with Gasteiger partial charge in [-0.05, 0) is 13.3 Å². The lowest BCUT2D eigenvalue weighted by Crippen LogP contribution is -2.44. The summed E-state index contributed by atoms with van der Waals surface area (Å²) in [6.07, 6.45) is 1.93. The van der Waals surface area contributed by atoms with Gasteiger partial charge in [-0.1, -0.05) is 6.92 Å². The lowest BCUT2D eigenvalue weighted by atomic mass is 10.1. The SMILES string of the molecule is CC(C=O)CN1CCCN(C)C(=O)C1C. The monoisotopic (exact) mass is 212 g/mol. The fourth-order valence-corrected chi connectivity index (χ4v) is 1.95. The van der Waals surface area contributed by atoms with Gasteiger partial charge in [0.2, 0.25) is 5.91 Å². The molecule has 1 amide bonds. The first-order chi connectivity index (χ1) is 7.06. The Morgan fingerprint density at radius 2 is 2.20 bits per heavy atom. The van der Waals surface area contributed by atoms with E-state index in [1.807, 2.05) is 20.9 Å². The molecule has 0 aromatic heterocycles. The molecule has 0 aliphatic carbocycles. The molecule has 0 spiro atoms. The first kappa shape index (κ1) is 12.2. The number of hydrogen-bond acceptors (Lipinski definition) is 3. The molecule has 1 rings (SSSR count). The fraction of sp³-hybridized carbons (Fsp3) is 0.818. The van der Waals surface area contributed by atoms with E-state index in [4.69, 9.17) is 0 Å². The molecule has 4 heteroatoms. The van der Waals surface area contributed by atoms with Crippen LogP contribution in [0.25, 0.3) is 0 Å². The highest BCUT2D eigenvalue weighted by atomic mass is 16.2. The minimum Gasteiger partial charge on any atom is -0.344 e. The summed E-state index contributed by atoms with van der Waals surface area (Å²) < 4.78 is 0. The Morgan fingerprint density at radius 1 is 1.53 bits per heavy atom. The van der Waals surface area contributed by atoms with Crippen molar-refractivity contribution in [3.63, 3.8) is 0 Å². The molecule has 15 heavy (non-hydrogen) atoms. The van der Waals surface area contributed by atoms with Crippen molar-refractivity contribution in [2.75, 3.05) is 26.7 Å². The van der Waals surface area contributed by atoms with Crippen LogP contribution in [0.2, 0.25) is 0 Å². The summed E-state index contributed by atoms with van der Waals surface area (Å²) in [5.41, 5.74) is 0. The smallest absolute Gasteiger partial charge is 0.239 e. The first-order valence-corrected chi connectivity index (χ1v) is 5.50. The maximum atomic E-state index is 11.8.